The molecular weight excluding hydrogens is 300 g/mol. The van der Waals surface area contributed by atoms with Gasteiger partial charge >= 0.3 is 0 Å². The van der Waals surface area contributed by atoms with Gasteiger partial charge in [-0.25, -0.2) is 8.78 Å². The van der Waals surface area contributed by atoms with Crippen LogP contribution in [0.15, 0.2) is 60.7 Å². The quantitative estimate of drug-likeness (QED) is 0.786. The standard InChI is InChI=1S/C18H13F2NO2/c19-13-8-9-16(15(20)10-13)21-18(22)11-23-17-7-3-5-12-4-1-2-6-14(12)17/h1-10H,11H2,(H,21,22). The molecule has 0 aromatic heterocycles. The summed E-state index contributed by atoms with van der Waals surface area (Å²) in [5, 5.41) is 4.23. The second-order valence-corrected chi connectivity index (χ2v) is 4.94. The van der Waals surface area contributed by atoms with Crippen molar-refractivity contribution >= 4 is 22.4 Å². The molecule has 0 radical (unpaired) electrons. The fourth-order valence-electron chi connectivity index (χ4n) is 2.24. The Morgan fingerprint density at radius 2 is 1.78 bits per heavy atom. The Morgan fingerprint density at radius 1 is 1.00 bits per heavy atom. The maximum Gasteiger partial charge on any atom is 0.262 e. The molecule has 3 nitrogen and oxygen atoms in total. The van der Waals surface area contributed by atoms with Gasteiger partial charge in [0.15, 0.2) is 6.61 Å². The van der Waals surface area contributed by atoms with Gasteiger partial charge in [-0.05, 0) is 23.6 Å². The Balaban J connectivity index is 1.69. The second kappa shape index (κ2) is 6.44. The smallest absolute Gasteiger partial charge is 0.262 e. The van der Waals surface area contributed by atoms with Crippen LogP contribution in [-0.2, 0) is 4.79 Å². The van der Waals surface area contributed by atoms with Gasteiger partial charge in [0.1, 0.15) is 17.4 Å². The fourth-order valence-corrected chi connectivity index (χ4v) is 2.24. The Hall–Kier alpha value is -2.95. The molecule has 3 aromatic carbocycles. The molecular formula is C18H13F2NO2. The molecule has 0 bridgehead atoms. The van der Waals surface area contributed by atoms with E-state index in [2.05, 4.69) is 5.32 Å². The summed E-state index contributed by atoms with van der Waals surface area (Å²) in [6.07, 6.45) is 0. The normalized spacial score (nSPS) is 10.5. The lowest BCUT2D eigenvalue weighted by molar-refractivity contribution is -0.118. The highest BCUT2D eigenvalue weighted by Gasteiger charge is 2.09. The minimum absolute atomic E-state index is 0.0853. The van der Waals surface area contributed by atoms with Crippen molar-refractivity contribution in [2.75, 3.05) is 11.9 Å². The third-order valence-electron chi connectivity index (χ3n) is 3.31. The largest absolute Gasteiger partial charge is 0.483 e. The summed E-state index contributed by atoms with van der Waals surface area (Å²) in [6.45, 7) is -0.273. The molecule has 0 aliphatic carbocycles. The first-order valence-corrected chi connectivity index (χ1v) is 6.99. The van der Waals surface area contributed by atoms with Crippen molar-refractivity contribution in [2.24, 2.45) is 0 Å². The zero-order chi connectivity index (χ0) is 16.2. The Bertz CT molecular complexity index is 859. The van der Waals surface area contributed by atoms with Gasteiger partial charge < -0.3 is 10.1 Å². The maximum atomic E-state index is 13.5. The van der Waals surface area contributed by atoms with Gasteiger partial charge in [0.05, 0.1) is 5.69 Å². The van der Waals surface area contributed by atoms with Crippen LogP contribution in [0, 0.1) is 11.6 Å². The summed E-state index contributed by atoms with van der Waals surface area (Å²) in [4.78, 5) is 11.9. The SMILES string of the molecule is O=C(COc1cccc2ccccc12)Nc1ccc(F)cc1F. The van der Waals surface area contributed by atoms with Crippen LogP contribution < -0.4 is 10.1 Å². The molecule has 0 fully saturated rings. The van der Waals surface area contributed by atoms with Crippen LogP contribution in [0.5, 0.6) is 5.75 Å². The number of hydrogen-bond acceptors (Lipinski definition) is 2. The molecule has 3 rings (SSSR count). The molecule has 0 atom stereocenters. The molecule has 23 heavy (non-hydrogen) atoms. The number of anilines is 1. The van der Waals surface area contributed by atoms with Gasteiger partial charge in [-0.2, -0.15) is 0 Å². The lowest BCUT2D eigenvalue weighted by atomic mass is 10.1. The Kier molecular flexibility index (Phi) is 4.19. The molecule has 1 N–H and O–H groups in total. The van der Waals surface area contributed by atoms with Crippen molar-refractivity contribution in [3.05, 3.63) is 72.3 Å². The molecule has 0 saturated carbocycles. The summed E-state index contributed by atoms with van der Waals surface area (Å²) in [5.41, 5.74) is -0.0853. The van der Waals surface area contributed by atoms with Crippen molar-refractivity contribution in [3.8, 4) is 5.75 Å². The van der Waals surface area contributed by atoms with Gasteiger partial charge in [-0.1, -0.05) is 36.4 Å². The molecule has 0 aliphatic heterocycles. The van der Waals surface area contributed by atoms with Gasteiger partial charge in [0.2, 0.25) is 0 Å². The van der Waals surface area contributed by atoms with E-state index >= 15 is 0 Å². The molecule has 0 saturated heterocycles. The summed E-state index contributed by atoms with van der Waals surface area (Å²) in [6, 6.07) is 16.1. The predicted molar refractivity (Wildman–Crippen MR) is 84.4 cm³/mol. The van der Waals surface area contributed by atoms with E-state index < -0.39 is 17.5 Å². The first kappa shape index (κ1) is 15.0. The fraction of sp³-hybridized carbons (Fsp3) is 0.0556. The van der Waals surface area contributed by atoms with Crippen LogP contribution in [0.25, 0.3) is 10.8 Å². The van der Waals surface area contributed by atoms with Crippen molar-refractivity contribution in [1.29, 1.82) is 0 Å². The van der Waals surface area contributed by atoms with Crippen molar-refractivity contribution in [1.82, 2.24) is 0 Å². The molecule has 0 heterocycles. The van der Waals surface area contributed by atoms with E-state index in [4.69, 9.17) is 4.74 Å². The zero-order valence-corrected chi connectivity index (χ0v) is 12.1. The number of rotatable bonds is 4. The third-order valence-corrected chi connectivity index (χ3v) is 3.31. The number of ether oxygens (including phenoxy) is 1. The van der Waals surface area contributed by atoms with Crippen molar-refractivity contribution in [2.45, 2.75) is 0 Å². The van der Waals surface area contributed by atoms with Crippen LogP contribution in [0.3, 0.4) is 0 Å². The number of amides is 1. The van der Waals surface area contributed by atoms with Crippen LogP contribution in [0.1, 0.15) is 0 Å². The van der Waals surface area contributed by atoms with Crippen LogP contribution in [0.2, 0.25) is 0 Å². The molecule has 0 unspecified atom stereocenters. The van der Waals surface area contributed by atoms with E-state index in [1.807, 2.05) is 36.4 Å². The van der Waals surface area contributed by atoms with Gasteiger partial charge in [0.25, 0.3) is 5.91 Å². The maximum absolute atomic E-state index is 13.5. The topological polar surface area (TPSA) is 38.3 Å². The van der Waals surface area contributed by atoms with Gasteiger partial charge in [-0.15, -0.1) is 0 Å². The number of carbonyl (C=O) groups excluding carboxylic acids is 1. The average Bonchev–Trinajstić information content (AvgIpc) is 2.55. The lowest BCUT2D eigenvalue weighted by Gasteiger charge is -2.10. The number of halogens is 2. The predicted octanol–water partition coefficient (Wildman–Crippen LogP) is 4.14. The van der Waals surface area contributed by atoms with Crippen molar-refractivity contribution < 1.29 is 18.3 Å². The number of carbonyl (C=O) groups is 1. The van der Waals surface area contributed by atoms with Gasteiger partial charge in [0, 0.05) is 11.5 Å². The minimum atomic E-state index is -0.830. The van der Waals surface area contributed by atoms with Gasteiger partial charge in [-0.3, -0.25) is 4.79 Å². The highest BCUT2D eigenvalue weighted by Crippen LogP contribution is 2.25. The Morgan fingerprint density at radius 3 is 2.61 bits per heavy atom. The molecule has 0 spiro atoms. The van der Waals surface area contributed by atoms with Crippen molar-refractivity contribution in [3.63, 3.8) is 0 Å². The van der Waals surface area contributed by atoms with E-state index in [1.165, 1.54) is 6.07 Å². The number of fused-ring (bicyclic) bond motifs is 1. The second-order valence-electron chi connectivity index (χ2n) is 4.94. The van der Waals surface area contributed by atoms with Crippen LogP contribution in [0.4, 0.5) is 14.5 Å². The third kappa shape index (κ3) is 3.45. The first-order chi connectivity index (χ1) is 11.1. The zero-order valence-electron chi connectivity index (χ0n) is 12.1. The first-order valence-electron chi connectivity index (χ1n) is 6.99. The Labute approximate surface area is 131 Å². The average molecular weight is 313 g/mol. The summed E-state index contributed by atoms with van der Waals surface area (Å²) in [7, 11) is 0. The summed E-state index contributed by atoms with van der Waals surface area (Å²) in [5.74, 6) is -1.49. The molecule has 0 aliphatic rings. The minimum Gasteiger partial charge on any atom is -0.483 e. The highest BCUT2D eigenvalue weighted by molar-refractivity contribution is 5.93. The van der Waals surface area contributed by atoms with Crippen LogP contribution in [-0.4, -0.2) is 12.5 Å². The van der Waals surface area contributed by atoms with E-state index in [-0.39, 0.29) is 12.3 Å². The van der Waals surface area contributed by atoms with E-state index in [0.29, 0.717) is 11.8 Å². The molecule has 1 amide bonds. The lowest BCUT2D eigenvalue weighted by Crippen LogP contribution is -2.20. The monoisotopic (exact) mass is 313 g/mol. The van der Waals surface area contributed by atoms with Crippen LogP contribution >= 0.6 is 0 Å². The summed E-state index contributed by atoms with van der Waals surface area (Å²) < 4.78 is 31.8. The van der Waals surface area contributed by atoms with E-state index in [1.54, 1.807) is 6.07 Å². The highest BCUT2D eigenvalue weighted by atomic mass is 19.1. The van der Waals surface area contributed by atoms with E-state index in [9.17, 15) is 13.6 Å². The summed E-state index contributed by atoms with van der Waals surface area (Å²) >= 11 is 0. The number of benzene rings is 3. The number of nitrogens with one attached hydrogen (secondary N) is 1. The molecule has 5 heteroatoms. The molecule has 3 aromatic rings. The van der Waals surface area contributed by atoms with E-state index in [0.717, 1.165) is 16.8 Å². The molecule has 116 valence electrons. The number of hydrogen-bond donors (Lipinski definition) is 1.